The maximum atomic E-state index is 12.1. The molecule has 0 atom stereocenters. The number of rotatable bonds is 5. The van der Waals surface area contributed by atoms with Gasteiger partial charge in [0.1, 0.15) is 4.88 Å². The van der Waals surface area contributed by atoms with Gasteiger partial charge in [-0.1, -0.05) is 6.42 Å². The number of nitrogens with one attached hydrogen (secondary N) is 2. The number of amides is 1. The van der Waals surface area contributed by atoms with Gasteiger partial charge in [-0.05, 0) is 38.5 Å². The average Bonchev–Trinajstić information content (AvgIpc) is 3.16. The minimum absolute atomic E-state index is 0.0511. The number of thiazole rings is 1. The largest absolute Gasteiger partial charge is 0.357 e. The van der Waals surface area contributed by atoms with Gasteiger partial charge >= 0.3 is 0 Å². The summed E-state index contributed by atoms with van der Waals surface area (Å²) in [6.07, 6.45) is 5.41. The molecule has 1 saturated carbocycles. The van der Waals surface area contributed by atoms with E-state index in [1.165, 1.54) is 37.0 Å². The van der Waals surface area contributed by atoms with Crippen LogP contribution in [0.15, 0.2) is 10.5 Å². The summed E-state index contributed by atoms with van der Waals surface area (Å²) in [5.74, 6) is 0.939. The SMILES string of the molecule is CCNC(=NCCNC(=O)c1scnc1C)N1CCC2(CCC2)C1. The van der Waals surface area contributed by atoms with Crippen molar-refractivity contribution in [1.29, 1.82) is 0 Å². The molecule has 0 radical (unpaired) electrons. The Morgan fingerprint density at radius 2 is 2.25 bits per heavy atom. The Morgan fingerprint density at radius 3 is 2.83 bits per heavy atom. The number of carbonyl (C=O) groups excluding carboxylic acids is 1. The van der Waals surface area contributed by atoms with Crippen molar-refractivity contribution in [3.05, 3.63) is 16.1 Å². The molecule has 2 aliphatic rings. The zero-order chi connectivity index (χ0) is 17.0. The highest BCUT2D eigenvalue weighted by atomic mass is 32.1. The van der Waals surface area contributed by atoms with Crippen LogP contribution in [0.25, 0.3) is 0 Å². The predicted molar refractivity (Wildman–Crippen MR) is 97.6 cm³/mol. The standard InChI is InChI=1S/C17H27N5OS/c1-3-18-16(22-10-7-17(11-22)5-4-6-17)20-9-8-19-15(23)14-13(2)21-12-24-14/h12H,3-11H2,1-2H3,(H,18,20)(H,19,23). The van der Waals surface area contributed by atoms with Crippen molar-refractivity contribution < 1.29 is 4.79 Å². The molecule has 24 heavy (non-hydrogen) atoms. The number of aliphatic imine (C=N–C) groups is 1. The van der Waals surface area contributed by atoms with Gasteiger partial charge in [0.15, 0.2) is 5.96 Å². The van der Waals surface area contributed by atoms with Gasteiger partial charge in [0.2, 0.25) is 0 Å². The zero-order valence-electron chi connectivity index (χ0n) is 14.6. The van der Waals surface area contributed by atoms with Gasteiger partial charge in [-0.25, -0.2) is 4.98 Å². The molecule has 1 amide bonds. The minimum Gasteiger partial charge on any atom is -0.357 e. The van der Waals surface area contributed by atoms with Crippen LogP contribution < -0.4 is 10.6 Å². The lowest BCUT2D eigenvalue weighted by Gasteiger charge is -2.38. The van der Waals surface area contributed by atoms with Crippen LogP contribution in [0, 0.1) is 12.3 Å². The van der Waals surface area contributed by atoms with Crippen LogP contribution in [0.3, 0.4) is 0 Å². The van der Waals surface area contributed by atoms with Crippen molar-refractivity contribution in [3.63, 3.8) is 0 Å². The highest BCUT2D eigenvalue weighted by molar-refractivity contribution is 7.11. The van der Waals surface area contributed by atoms with Crippen molar-refractivity contribution in [2.24, 2.45) is 10.4 Å². The Balaban J connectivity index is 1.49. The fourth-order valence-electron chi connectivity index (χ4n) is 3.56. The van der Waals surface area contributed by atoms with Crippen LogP contribution in [0.4, 0.5) is 0 Å². The normalized spacial score (nSPS) is 19.4. The highest BCUT2D eigenvalue weighted by Gasteiger charge is 2.43. The zero-order valence-corrected chi connectivity index (χ0v) is 15.4. The van der Waals surface area contributed by atoms with E-state index in [1.807, 2.05) is 6.92 Å². The smallest absolute Gasteiger partial charge is 0.263 e. The summed E-state index contributed by atoms with van der Waals surface area (Å²) < 4.78 is 0. The Labute approximate surface area is 147 Å². The van der Waals surface area contributed by atoms with Crippen LogP contribution >= 0.6 is 11.3 Å². The molecule has 1 aliphatic carbocycles. The molecule has 0 aromatic carbocycles. The van der Waals surface area contributed by atoms with Gasteiger partial charge in [-0.2, -0.15) is 0 Å². The first-order valence-corrected chi connectivity index (χ1v) is 9.73. The molecule has 1 aromatic rings. The van der Waals surface area contributed by atoms with E-state index in [1.54, 1.807) is 5.51 Å². The third-order valence-corrected chi connectivity index (χ3v) is 6.02. The number of hydrogen-bond acceptors (Lipinski definition) is 4. The summed E-state index contributed by atoms with van der Waals surface area (Å²) in [6, 6.07) is 0. The number of aromatic nitrogens is 1. The maximum absolute atomic E-state index is 12.1. The Morgan fingerprint density at radius 1 is 1.42 bits per heavy atom. The summed E-state index contributed by atoms with van der Waals surface area (Å²) in [5, 5.41) is 6.32. The number of guanidine groups is 1. The third kappa shape index (κ3) is 3.71. The van der Waals surface area contributed by atoms with Crippen molar-refractivity contribution in [2.45, 2.75) is 39.5 Å². The molecule has 0 bridgehead atoms. The third-order valence-electron chi connectivity index (χ3n) is 5.10. The summed E-state index contributed by atoms with van der Waals surface area (Å²) in [5.41, 5.74) is 3.06. The quantitative estimate of drug-likeness (QED) is 0.485. The van der Waals surface area contributed by atoms with Gasteiger partial charge in [-0.15, -0.1) is 11.3 Å². The molecular formula is C17H27N5OS. The fourth-order valence-corrected chi connectivity index (χ4v) is 4.28. The van der Waals surface area contributed by atoms with Gasteiger partial charge < -0.3 is 15.5 Å². The van der Waals surface area contributed by atoms with E-state index in [2.05, 4.69) is 27.4 Å². The van der Waals surface area contributed by atoms with Gasteiger partial charge in [0.05, 0.1) is 17.7 Å². The lowest BCUT2D eigenvalue weighted by atomic mass is 9.68. The van der Waals surface area contributed by atoms with Gasteiger partial charge in [0, 0.05) is 26.2 Å². The molecule has 6 nitrogen and oxygen atoms in total. The van der Waals surface area contributed by atoms with Crippen LogP contribution in [0.2, 0.25) is 0 Å². The first-order chi connectivity index (χ1) is 11.6. The van der Waals surface area contributed by atoms with Crippen LogP contribution in [-0.2, 0) is 0 Å². The summed E-state index contributed by atoms with van der Waals surface area (Å²) in [4.78, 5) is 24.0. The van der Waals surface area contributed by atoms with Crippen molar-refractivity contribution in [1.82, 2.24) is 20.5 Å². The summed E-state index contributed by atoms with van der Waals surface area (Å²) >= 11 is 1.38. The summed E-state index contributed by atoms with van der Waals surface area (Å²) in [6.45, 7) is 8.19. The number of aryl methyl sites for hydroxylation is 1. The Bertz CT molecular complexity index is 608. The average molecular weight is 350 g/mol. The predicted octanol–water partition coefficient (Wildman–Crippen LogP) is 2.02. The van der Waals surface area contributed by atoms with Crippen molar-refractivity contribution >= 4 is 23.2 Å². The summed E-state index contributed by atoms with van der Waals surface area (Å²) in [7, 11) is 0. The van der Waals surface area contributed by atoms with Crippen LogP contribution in [0.5, 0.6) is 0 Å². The molecule has 1 aromatic heterocycles. The van der Waals surface area contributed by atoms with E-state index in [0.29, 0.717) is 23.4 Å². The van der Waals surface area contributed by atoms with E-state index in [9.17, 15) is 4.79 Å². The number of carbonyl (C=O) groups is 1. The molecule has 132 valence electrons. The second kappa shape index (κ2) is 7.51. The maximum Gasteiger partial charge on any atom is 0.263 e. The van der Waals surface area contributed by atoms with E-state index in [0.717, 1.165) is 31.3 Å². The molecule has 0 unspecified atom stereocenters. The van der Waals surface area contributed by atoms with E-state index < -0.39 is 0 Å². The second-order valence-corrected chi connectivity index (χ2v) is 7.64. The first-order valence-electron chi connectivity index (χ1n) is 8.85. The number of nitrogens with zero attached hydrogens (tertiary/aromatic N) is 3. The second-order valence-electron chi connectivity index (χ2n) is 6.78. The Hall–Kier alpha value is -1.63. The van der Waals surface area contributed by atoms with Crippen LogP contribution in [0.1, 0.15) is 48.0 Å². The molecule has 2 fully saturated rings. The lowest BCUT2D eigenvalue weighted by Crippen LogP contribution is -2.43. The van der Waals surface area contributed by atoms with Crippen LogP contribution in [-0.4, -0.2) is 54.5 Å². The molecule has 7 heteroatoms. The number of likely N-dealkylation sites (tertiary alicyclic amines) is 1. The molecule has 2 heterocycles. The first kappa shape index (κ1) is 17.2. The highest BCUT2D eigenvalue weighted by Crippen LogP contribution is 2.47. The lowest BCUT2D eigenvalue weighted by molar-refractivity contribution is 0.0958. The molecule has 1 aliphatic heterocycles. The van der Waals surface area contributed by atoms with E-state index in [-0.39, 0.29) is 5.91 Å². The number of hydrogen-bond donors (Lipinski definition) is 2. The molecule has 3 rings (SSSR count). The fraction of sp³-hybridized carbons (Fsp3) is 0.706. The Kier molecular flexibility index (Phi) is 5.38. The molecule has 1 saturated heterocycles. The van der Waals surface area contributed by atoms with E-state index >= 15 is 0 Å². The monoisotopic (exact) mass is 349 g/mol. The van der Waals surface area contributed by atoms with Crippen molar-refractivity contribution in [2.75, 3.05) is 32.7 Å². The minimum atomic E-state index is -0.0511. The molecule has 2 N–H and O–H groups in total. The van der Waals surface area contributed by atoms with E-state index in [4.69, 9.17) is 4.99 Å². The van der Waals surface area contributed by atoms with Crippen molar-refractivity contribution in [3.8, 4) is 0 Å². The molecular weight excluding hydrogens is 322 g/mol. The van der Waals surface area contributed by atoms with Gasteiger partial charge in [-0.3, -0.25) is 9.79 Å². The van der Waals surface area contributed by atoms with Gasteiger partial charge in [0.25, 0.3) is 5.91 Å². The molecule has 1 spiro atoms. The topological polar surface area (TPSA) is 69.6 Å².